The molecule has 5 nitrogen and oxygen atoms in total. The summed E-state index contributed by atoms with van der Waals surface area (Å²) < 4.78 is 5.45. The summed E-state index contributed by atoms with van der Waals surface area (Å²) in [6.07, 6.45) is 3.45. The minimum absolute atomic E-state index is 0.000743. The SMILES string of the molecule is O=C(CCC1CCCO1)NCC(=O)Nc1ccccc1. The smallest absolute Gasteiger partial charge is 0.243 e. The van der Waals surface area contributed by atoms with Crippen LogP contribution in [0.3, 0.4) is 0 Å². The number of carbonyl (C=O) groups is 2. The van der Waals surface area contributed by atoms with Crippen molar-refractivity contribution in [2.75, 3.05) is 18.5 Å². The lowest BCUT2D eigenvalue weighted by atomic mass is 10.1. The third kappa shape index (κ3) is 5.01. The zero-order valence-corrected chi connectivity index (χ0v) is 11.4. The Morgan fingerprint density at radius 2 is 2.00 bits per heavy atom. The van der Waals surface area contributed by atoms with Crippen molar-refractivity contribution in [3.05, 3.63) is 30.3 Å². The quantitative estimate of drug-likeness (QED) is 0.831. The summed E-state index contributed by atoms with van der Waals surface area (Å²) in [5, 5.41) is 5.34. The second-order valence-corrected chi connectivity index (χ2v) is 4.86. The van der Waals surface area contributed by atoms with Crippen LogP contribution in [0.4, 0.5) is 5.69 Å². The topological polar surface area (TPSA) is 67.4 Å². The lowest BCUT2D eigenvalue weighted by Crippen LogP contribution is -2.33. The van der Waals surface area contributed by atoms with Gasteiger partial charge in [0.25, 0.3) is 0 Å². The Balaban J connectivity index is 1.61. The van der Waals surface area contributed by atoms with Crippen LogP contribution in [0, 0.1) is 0 Å². The molecule has 0 spiro atoms. The zero-order chi connectivity index (χ0) is 14.2. The summed E-state index contributed by atoms with van der Waals surface area (Å²) in [6.45, 7) is 0.797. The van der Waals surface area contributed by atoms with Crippen molar-refractivity contribution in [2.24, 2.45) is 0 Å². The molecule has 1 aromatic rings. The van der Waals surface area contributed by atoms with Gasteiger partial charge in [-0.15, -0.1) is 0 Å². The Bertz CT molecular complexity index is 442. The molecule has 108 valence electrons. The highest BCUT2D eigenvalue weighted by atomic mass is 16.5. The summed E-state index contributed by atoms with van der Waals surface area (Å²) in [5.41, 5.74) is 0.728. The molecule has 1 heterocycles. The Kier molecular flexibility index (Phi) is 5.55. The van der Waals surface area contributed by atoms with E-state index in [1.54, 1.807) is 12.1 Å². The van der Waals surface area contributed by atoms with Crippen LogP contribution < -0.4 is 10.6 Å². The number of rotatable bonds is 6. The molecule has 0 aliphatic carbocycles. The third-order valence-corrected chi connectivity index (χ3v) is 3.22. The van der Waals surface area contributed by atoms with Crippen LogP contribution >= 0.6 is 0 Å². The van der Waals surface area contributed by atoms with Gasteiger partial charge in [-0.2, -0.15) is 0 Å². The van der Waals surface area contributed by atoms with Gasteiger partial charge in [-0.3, -0.25) is 9.59 Å². The first-order chi connectivity index (χ1) is 9.74. The van der Waals surface area contributed by atoms with Gasteiger partial charge in [-0.25, -0.2) is 0 Å². The highest BCUT2D eigenvalue weighted by Crippen LogP contribution is 2.16. The third-order valence-electron chi connectivity index (χ3n) is 3.22. The van der Waals surface area contributed by atoms with E-state index in [0.717, 1.165) is 31.6 Å². The number of nitrogens with one attached hydrogen (secondary N) is 2. The van der Waals surface area contributed by atoms with Gasteiger partial charge in [0.05, 0.1) is 12.6 Å². The molecule has 1 fully saturated rings. The highest BCUT2D eigenvalue weighted by Gasteiger charge is 2.16. The second-order valence-electron chi connectivity index (χ2n) is 4.86. The maximum atomic E-state index is 11.6. The molecule has 20 heavy (non-hydrogen) atoms. The van der Waals surface area contributed by atoms with E-state index in [1.807, 2.05) is 18.2 Å². The molecule has 0 bridgehead atoms. The zero-order valence-electron chi connectivity index (χ0n) is 11.4. The van der Waals surface area contributed by atoms with Gasteiger partial charge in [0.1, 0.15) is 0 Å². The Morgan fingerprint density at radius 1 is 1.20 bits per heavy atom. The van der Waals surface area contributed by atoms with Gasteiger partial charge in [0.15, 0.2) is 0 Å². The summed E-state index contributed by atoms with van der Waals surface area (Å²) in [4.78, 5) is 23.2. The highest BCUT2D eigenvalue weighted by molar-refractivity contribution is 5.94. The van der Waals surface area contributed by atoms with E-state index in [4.69, 9.17) is 4.74 Å². The van der Waals surface area contributed by atoms with Gasteiger partial charge >= 0.3 is 0 Å². The fourth-order valence-electron chi connectivity index (χ4n) is 2.16. The van der Waals surface area contributed by atoms with Gasteiger partial charge in [-0.05, 0) is 31.4 Å². The van der Waals surface area contributed by atoms with Crippen LogP contribution in [0.15, 0.2) is 30.3 Å². The largest absolute Gasteiger partial charge is 0.378 e. The first-order valence-electron chi connectivity index (χ1n) is 6.97. The summed E-state index contributed by atoms with van der Waals surface area (Å²) >= 11 is 0. The van der Waals surface area contributed by atoms with Gasteiger partial charge in [0, 0.05) is 18.7 Å². The molecule has 0 aromatic heterocycles. The monoisotopic (exact) mass is 276 g/mol. The molecule has 2 rings (SSSR count). The van der Waals surface area contributed by atoms with Gasteiger partial charge in [-0.1, -0.05) is 18.2 Å². The molecule has 1 aliphatic heterocycles. The number of anilines is 1. The van der Waals surface area contributed by atoms with Crippen molar-refractivity contribution in [2.45, 2.75) is 31.8 Å². The first kappa shape index (κ1) is 14.5. The lowest BCUT2D eigenvalue weighted by Gasteiger charge is -2.09. The Labute approximate surface area is 118 Å². The predicted octanol–water partition coefficient (Wildman–Crippen LogP) is 1.70. The molecule has 2 N–H and O–H groups in total. The molecular formula is C15H20N2O3. The van der Waals surface area contributed by atoms with E-state index in [-0.39, 0.29) is 24.5 Å². The van der Waals surface area contributed by atoms with Crippen molar-refractivity contribution in [1.82, 2.24) is 5.32 Å². The van der Waals surface area contributed by atoms with Crippen molar-refractivity contribution in [1.29, 1.82) is 0 Å². The summed E-state index contributed by atoms with van der Waals surface area (Å²) in [7, 11) is 0. The molecule has 1 aliphatic rings. The van der Waals surface area contributed by atoms with E-state index in [1.165, 1.54) is 0 Å². The maximum Gasteiger partial charge on any atom is 0.243 e. The minimum atomic E-state index is -0.221. The lowest BCUT2D eigenvalue weighted by molar-refractivity contribution is -0.124. The van der Waals surface area contributed by atoms with E-state index < -0.39 is 0 Å². The van der Waals surface area contributed by atoms with E-state index in [2.05, 4.69) is 10.6 Å². The van der Waals surface area contributed by atoms with Crippen molar-refractivity contribution >= 4 is 17.5 Å². The van der Waals surface area contributed by atoms with Crippen LogP contribution in [-0.4, -0.2) is 31.1 Å². The first-order valence-corrected chi connectivity index (χ1v) is 6.97. The number of benzene rings is 1. The molecule has 0 saturated carbocycles. The minimum Gasteiger partial charge on any atom is -0.378 e. The normalized spacial score (nSPS) is 17.7. The Hall–Kier alpha value is -1.88. The number of hydrogen-bond acceptors (Lipinski definition) is 3. The van der Waals surface area contributed by atoms with Crippen molar-refractivity contribution < 1.29 is 14.3 Å². The summed E-state index contributed by atoms with van der Waals surface area (Å²) in [6, 6.07) is 9.17. The molecule has 1 unspecified atom stereocenters. The molecule has 1 aromatic carbocycles. The van der Waals surface area contributed by atoms with Crippen LogP contribution in [0.1, 0.15) is 25.7 Å². The fraction of sp³-hybridized carbons (Fsp3) is 0.467. The van der Waals surface area contributed by atoms with E-state index in [0.29, 0.717) is 6.42 Å². The number of hydrogen-bond donors (Lipinski definition) is 2. The standard InChI is InChI=1S/C15H20N2O3/c18-14(9-8-13-7-4-10-20-13)16-11-15(19)17-12-5-2-1-3-6-12/h1-3,5-6,13H,4,7-11H2,(H,16,18)(H,17,19). The molecule has 1 atom stereocenters. The molecule has 0 radical (unpaired) electrons. The van der Waals surface area contributed by atoms with E-state index >= 15 is 0 Å². The van der Waals surface area contributed by atoms with Gasteiger partial charge < -0.3 is 15.4 Å². The number of carbonyl (C=O) groups excluding carboxylic acids is 2. The van der Waals surface area contributed by atoms with Crippen molar-refractivity contribution in [3.8, 4) is 0 Å². The van der Waals surface area contributed by atoms with E-state index in [9.17, 15) is 9.59 Å². The van der Waals surface area contributed by atoms with Crippen LogP contribution in [0.25, 0.3) is 0 Å². The van der Waals surface area contributed by atoms with Crippen LogP contribution in [0.5, 0.6) is 0 Å². The number of ether oxygens (including phenoxy) is 1. The average Bonchev–Trinajstić information content (AvgIpc) is 2.97. The molecule has 5 heteroatoms. The predicted molar refractivity (Wildman–Crippen MR) is 76.3 cm³/mol. The van der Waals surface area contributed by atoms with Crippen LogP contribution in [0.2, 0.25) is 0 Å². The number of amides is 2. The Morgan fingerprint density at radius 3 is 2.70 bits per heavy atom. The van der Waals surface area contributed by atoms with Crippen molar-refractivity contribution in [3.63, 3.8) is 0 Å². The maximum absolute atomic E-state index is 11.6. The second kappa shape index (κ2) is 7.65. The average molecular weight is 276 g/mol. The molecule has 2 amide bonds. The fourth-order valence-corrected chi connectivity index (χ4v) is 2.16. The molecular weight excluding hydrogens is 256 g/mol. The van der Waals surface area contributed by atoms with Gasteiger partial charge in [0.2, 0.25) is 11.8 Å². The van der Waals surface area contributed by atoms with Crippen LogP contribution in [-0.2, 0) is 14.3 Å². The summed E-state index contributed by atoms with van der Waals surface area (Å²) in [5.74, 6) is -0.328. The number of para-hydroxylation sites is 1. The molecule has 1 saturated heterocycles.